The Morgan fingerprint density at radius 1 is 1.50 bits per heavy atom. The van der Waals surface area contributed by atoms with Gasteiger partial charge in [-0.15, -0.1) is 0 Å². The molecule has 1 aliphatic rings. The number of alkyl halides is 2. The first-order valence-electron chi connectivity index (χ1n) is 5.46. The van der Waals surface area contributed by atoms with Gasteiger partial charge in [0, 0.05) is 38.9 Å². The molecule has 0 aromatic rings. The van der Waals surface area contributed by atoms with Gasteiger partial charge >= 0.3 is 0 Å². The van der Waals surface area contributed by atoms with E-state index >= 15 is 0 Å². The minimum absolute atomic E-state index is 0.183. The Kier molecular flexibility index (Phi) is 4.61. The van der Waals surface area contributed by atoms with Crippen molar-refractivity contribution >= 4 is 5.91 Å². The lowest BCUT2D eigenvalue weighted by Gasteiger charge is -2.27. The molecule has 1 aliphatic carbocycles. The normalized spacial score (nSPS) is 21.1. The summed E-state index contributed by atoms with van der Waals surface area (Å²) in [6.45, 7) is 0.660. The zero-order valence-corrected chi connectivity index (χ0v) is 9.38. The van der Waals surface area contributed by atoms with Gasteiger partial charge in [0.05, 0.1) is 0 Å². The third kappa shape index (κ3) is 4.40. The zero-order valence-electron chi connectivity index (χ0n) is 9.38. The number of hydrogen-bond donors (Lipinski definition) is 2. The number of likely N-dealkylation sites (N-methyl/N-ethyl adjacent to an activating group) is 1. The van der Waals surface area contributed by atoms with E-state index in [1.54, 1.807) is 0 Å². The number of rotatable bonds is 4. The maximum atomic E-state index is 12.8. The van der Waals surface area contributed by atoms with Gasteiger partial charge in [-0.1, -0.05) is 0 Å². The Hall–Kier alpha value is -0.750. The summed E-state index contributed by atoms with van der Waals surface area (Å²) in [5.41, 5.74) is 0. The predicted molar refractivity (Wildman–Crippen MR) is 54.3 cm³/mol. The molecule has 4 nitrogen and oxygen atoms in total. The van der Waals surface area contributed by atoms with Gasteiger partial charge in [0.25, 0.3) is 0 Å². The molecular weight excluding hydrogens is 218 g/mol. The Morgan fingerprint density at radius 2 is 2.06 bits per heavy atom. The lowest BCUT2D eigenvalue weighted by atomic mass is 9.86. The third-order valence-corrected chi connectivity index (χ3v) is 2.82. The molecule has 1 amide bonds. The molecule has 0 spiro atoms. The highest BCUT2D eigenvalue weighted by Gasteiger charge is 2.37. The van der Waals surface area contributed by atoms with Crippen LogP contribution in [0.3, 0.4) is 0 Å². The molecule has 0 saturated heterocycles. The van der Waals surface area contributed by atoms with E-state index < -0.39 is 5.92 Å². The van der Waals surface area contributed by atoms with Crippen LogP contribution in [0.1, 0.15) is 25.7 Å². The molecule has 0 aromatic heterocycles. The summed E-state index contributed by atoms with van der Waals surface area (Å²) in [4.78, 5) is 11.5. The van der Waals surface area contributed by atoms with Crippen LogP contribution in [0.15, 0.2) is 0 Å². The fraction of sp³-hybridized carbons (Fsp3) is 0.900. The molecule has 1 saturated carbocycles. The van der Waals surface area contributed by atoms with Crippen molar-refractivity contribution in [3.05, 3.63) is 0 Å². The fourth-order valence-corrected chi connectivity index (χ4v) is 1.79. The Bertz CT molecular complexity index is 237. The van der Waals surface area contributed by atoms with E-state index in [2.05, 4.69) is 5.32 Å². The predicted octanol–water partition coefficient (Wildman–Crippen LogP) is 1.25. The van der Waals surface area contributed by atoms with Crippen molar-refractivity contribution in [3.8, 4) is 0 Å². The van der Waals surface area contributed by atoms with Crippen molar-refractivity contribution in [2.75, 3.05) is 20.1 Å². The van der Waals surface area contributed by atoms with Crippen LogP contribution >= 0.6 is 0 Å². The number of amides is 1. The van der Waals surface area contributed by atoms with Crippen LogP contribution in [0.25, 0.3) is 0 Å². The average molecular weight is 236 g/mol. The lowest BCUT2D eigenvalue weighted by molar-refractivity contribution is -0.129. The summed E-state index contributed by atoms with van der Waals surface area (Å²) < 4.78 is 25.7. The number of hydroxylamine groups is 2. The van der Waals surface area contributed by atoms with E-state index in [4.69, 9.17) is 5.21 Å². The first-order chi connectivity index (χ1) is 7.41. The molecule has 94 valence electrons. The third-order valence-electron chi connectivity index (χ3n) is 2.82. The lowest BCUT2D eigenvalue weighted by Crippen LogP contribution is -2.38. The highest BCUT2D eigenvalue weighted by Crippen LogP contribution is 2.36. The summed E-state index contributed by atoms with van der Waals surface area (Å²) in [7, 11) is 1.48. The SMILES string of the molecule is CN(O)CCNC(=O)C1CCC(F)(F)CC1. The Labute approximate surface area is 93.6 Å². The van der Waals surface area contributed by atoms with Crippen molar-refractivity contribution < 1.29 is 18.8 Å². The number of halogens is 2. The van der Waals surface area contributed by atoms with Gasteiger partial charge in [-0.2, -0.15) is 5.06 Å². The standard InChI is InChI=1S/C10H18F2N2O2/c1-14(16)7-6-13-9(15)8-2-4-10(11,12)5-3-8/h8,16H,2-7H2,1H3,(H,13,15). The molecule has 16 heavy (non-hydrogen) atoms. The Balaban J connectivity index is 2.23. The topological polar surface area (TPSA) is 52.6 Å². The number of nitrogens with zero attached hydrogens (tertiary/aromatic N) is 1. The molecule has 0 aliphatic heterocycles. The summed E-state index contributed by atoms with van der Waals surface area (Å²) >= 11 is 0. The molecule has 0 bridgehead atoms. The molecule has 0 unspecified atom stereocenters. The molecule has 0 atom stereocenters. The smallest absolute Gasteiger partial charge is 0.248 e. The van der Waals surface area contributed by atoms with Crippen LogP contribution < -0.4 is 5.32 Å². The second-order valence-electron chi connectivity index (χ2n) is 4.30. The number of carbonyl (C=O) groups is 1. The zero-order chi connectivity index (χ0) is 12.2. The largest absolute Gasteiger partial charge is 0.354 e. The van der Waals surface area contributed by atoms with E-state index in [1.165, 1.54) is 7.05 Å². The van der Waals surface area contributed by atoms with Crippen LogP contribution in [0.4, 0.5) is 8.78 Å². The first kappa shape index (κ1) is 13.3. The van der Waals surface area contributed by atoms with Gasteiger partial charge in [0.15, 0.2) is 0 Å². The quantitative estimate of drug-likeness (QED) is 0.722. The van der Waals surface area contributed by atoms with Crippen molar-refractivity contribution in [2.45, 2.75) is 31.6 Å². The van der Waals surface area contributed by atoms with Gasteiger partial charge in [0.1, 0.15) is 0 Å². The second-order valence-corrected chi connectivity index (χ2v) is 4.30. The molecule has 0 aromatic carbocycles. The highest BCUT2D eigenvalue weighted by molar-refractivity contribution is 5.78. The van der Waals surface area contributed by atoms with E-state index in [0.717, 1.165) is 5.06 Å². The van der Waals surface area contributed by atoms with Crippen molar-refractivity contribution in [2.24, 2.45) is 5.92 Å². The minimum atomic E-state index is -2.60. The summed E-state index contributed by atoms with van der Waals surface area (Å²) in [5, 5.41) is 12.4. The molecule has 1 rings (SSSR count). The monoisotopic (exact) mass is 236 g/mol. The highest BCUT2D eigenvalue weighted by atomic mass is 19.3. The fourth-order valence-electron chi connectivity index (χ4n) is 1.79. The van der Waals surface area contributed by atoms with Crippen LogP contribution in [-0.2, 0) is 4.79 Å². The maximum Gasteiger partial charge on any atom is 0.248 e. The van der Waals surface area contributed by atoms with Crippen molar-refractivity contribution in [1.29, 1.82) is 0 Å². The summed E-state index contributed by atoms with van der Waals surface area (Å²) in [6, 6.07) is 0. The van der Waals surface area contributed by atoms with E-state index in [-0.39, 0.29) is 37.5 Å². The molecule has 2 N–H and O–H groups in total. The van der Waals surface area contributed by atoms with Gasteiger partial charge in [-0.25, -0.2) is 8.78 Å². The summed E-state index contributed by atoms with van der Waals surface area (Å²) in [5.74, 6) is -3.08. The van der Waals surface area contributed by atoms with Crippen molar-refractivity contribution in [3.63, 3.8) is 0 Å². The van der Waals surface area contributed by atoms with Crippen LogP contribution in [0.2, 0.25) is 0 Å². The summed E-state index contributed by atoms with van der Waals surface area (Å²) in [6.07, 6.45) is 0.0809. The van der Waals surface area contributed by atoms with Crippen LogP contribution in [0, 0.1) is 5.92 Å². The minimum Gasteiger partial charge on any atom is -0.354 e. The van der Waals surface area contributed by atoms with Gasteiger partial charge in [-0.3, -0.25) is 4.79 Å². The van der Waals surface area contributed by atoms with Crippen molar-refractivity contribution in [1.82, 2.24) is 10.4 Å². The van der Waals surface area contributed by atoms with E-state index in [1.807, 2.05) is 0 Å². The molecule has 0 heterocycles. The molecule has 6 heteroatoms. The number of carbonyl (C=O) groups excluding carboxylic acids is 1. The van der Waals surface area contributed by atoms with Gasteiger partial charge in [0.2, 0.25) is 11.8 Å². The van der Waals surface area contributed by atoms with Crippen LogP contribution in [0.5, 0.6) is 0 Å². The van der Waals surface area contributed by atoms with Gasteiger partial charge in [-0.05, 0) is 12.8 Å². The average Bonchev–Trinajstić information content (AvgIpc) is 2.16. The first-order valence-corrected chi connectivity index (χ1v) is 5.46. The van der Waals surface area contributed by atoms with Crippen LogP contribution in [-0.4, -0.2) is 42.2 Å². The number of nitrogens with one attached hydrogen (secondary N) is 1. The molecule has 1 fully saturated rings. The Morgan fingerprint density at radius 3 is 2.56 bits per heavy atom. The second kappa shape index (κ2) is 5.54. The van der Waals surface area contributed by atoms with E-state index in [9.17, 15) is 13.6 Å². The maximum absolute atomic E-state index is 12.8. The number of hydrogen-bond acceptors (Lipinski definition) is 3. The molecule has 0 radical (unpaired) electrons. The van der Waals surface area contributed by atoms with Gasteiger partial charge < -0.3 is 10.5 Å². The molecular formula is C10H18F2N2O2. The van der Waals surface area contributed by atoms with E-state index in [0.29, 0.717) is 13.1 Å².